The molecule has 0 saturated heterocycles. The van der Waals surface area contributed by atoms with Gasteiger partial charge in [0.2, 0.25) is 0 Å². The predicted molar refractivity (Wildman–Crippen MR) is 84.1 cm³/mol. The van der Waals surface area contributed by atoms with E-state index in [0.717, 1.165) is 0 Å². The third-order valence-electron chi connectivity index (χ3n) is 2.24. The van der Waals surface area contributed by atoms with Gasteiger partial charge >= 0.3 is 0 Å². The number of alkyl halides is 1. The van der Waals surface area contributed by atoms with Crippen LogP contribution in [0.5, 0.6) is 5.75 Å². The number of nitrogens with zero attached hydrogens (tertiary/aromatic N) is 2. The van der Waals surface area contributed by atoms with Crippen LogP contribution in [0.15, 0.2) is 22.9 Å². The number of halogens is 2. The summed E-state index contributed by atoms with van der Waals surface area (Å²) in [6.07, 6.45) is 1.55. The smallest absolute Gasteiger partial charge is 0.273 e. The summed E-state index contributed by atoms with van der Waals surface area (Å²) in [6, 6.07) is 3.50. The summed E-state index contributed by atoms with van der Waals surface area (Å²) in [4.78, 5) is 19.8. The summed E-state index contributed by atoms with van der Waals surface area (Å²) < 4.78 is 16.0. The van der Waals surface area contributed by atoms with Gasteiger partial charge in [0.15, 0.2) is 11.4 Å². The van der Waals surface area contributed by atoms with Crippen molar-refractivity contribution in [3.63, 3.8) is 0 Å². The van der Waals surface area contributed by atoms with Gasteiger partial charge < -0.3 is 16.2 Å². The van der Waals surface area contributed by atoms with Crippen LogP contribution in [0, 0.1) is 0 Å². The summed E-state index contributed by atoms with van der Waals surface area (Å²) in [7, 11) is 0.500. The monoisotopic (exact) mass is 361 g/mol. The maximum atomic E-state index is 11.7. The highest BCUT2D eigenvalue weighted by molar-refractivity contribution is 9.10. The van der Waals surface area contributed by atoms with E-state index < -0.39 is 13.1 Å². The molecule has 0 fully saturated rings. The maximum Gasteiger partial charge on any atom is 0.273 e. The lowest BCUT2D eigenvalue weighted by molar-refractivity contribution is 0.0948. The number of pyridine rings is 2. The topological polar surface area (TPSA) is 101 Å². The Balaban J connectivity index is 0.000000789. The van der Waals surface area contributed by atoms with E-state index in [9.17, 15) is 14.3 Å². The molecule has 0 atom stereocenters. The number of nitrogens with two attached hydrogens (primary N) is 1. The normalized spacial score (nSPS) is 9.67. The second kappa shape index (κ2) is 10.0. The fraction of sp³-hybridized carbons (Fsp3) is 0.308. The molecule has 0 radical (unpaired) electrons. The molecule has 8 heteroatoms. The van der Waals surface area contributed by atoms with E-state index in [2.05, 4.69) is 36.9 Å². The first kappa shape index (κ1) is 17.3. The standard InChI is InChI=1S/C11H10BrN3O2.CH3F.CH5N/c1-2-13-11(17)8-9(16)7-6(10(12)15-8)4-3-5-14-7;2*1-2/h3-5,16H,2H2,1H3,(H,13,17);1H3;2H2,1H3/i;1D;. The Bertz CT molecular complexity index is 616. The fourth-order valence-corrected chi connectivity index (χ4v) is 1.98. The van der Waals surface area contributed by atoms with Gasteiger partial charge in [0.05, 0.1) is 8.52 Å². The molecule has 2 aromatic heterocycles. The Hall–Kier alpha value is -1.80. The lowest BCUT2D eigenvalue weighted by atomic mass is 10.2. The van der Waals surface area contributed by atoms with Crippen LogP contribution >= 0.6 is 15.9 Å². The van der Waals surface area contributed by atoms with Gasteiger partial charge in [-0.15, -0.1) is 0 Å². The van der Waals surface area contributed by atoms with Crippen molar-refractivity contribution in [3.05, 3.63) is 28.6 Å². The number of aromatic hydroxyl groups is 1. The van der Waals surface area contributed by atoms with Crippen molar-refractivity contribution in [1.29, 1.82) is 0 Å². The molecular formula is C13H18BrFN4O2. The molecule has 21 heavy (non-hydrogen) atoms. The Labute approximate surface area is 132 Å². The number of fused-ring (bicyclic) bond motifs is 1. The van der Waals surface area contributed by atoms with Crippen LogP contribution in [0.2, 0.25) is 0 Å². The summed E-state index contributed by atoms with van der Waals surface area (Å²) in [6.45, 7) is 2.26. The molecule has 6 nitrogen and oxygen atoms in total. The quantitative estimate of drug-likeness (QED) is 0.710. The molecule has 0 aliphatic rings. The zero-order chi connectivity index (χ0) is 17.1. The number of hydrogen-bond donors (Lipinski definition) is 3. The molecule has 0 bridgehead atoms. The van der Waals surface area contributed by atoms with Crippen LogP contribution in [0.25, 0.3) is 10.9 Å². The van der Waals surface area contributed by atoms with Crippen LogP contribution in [0.4, 0.5) is 4.39 Å². The number of nitrogens with one attached hydrogen (secondary N) is 1. The highest BCUT2D eigenvalue weighted by atomic mass is 79.9. The Morgan fingerprint density at radius 2 is 2.24 bits per heavy atom. The van der Waals surface area contributed by atoms with Gasteiger partial charge in [0.25, 0.3) is 5.91 Å². The molecule has 2 rings (SSSR count). The second-order valence-corrected chi connectivity index (χ2v) is 4.11. The minimum atomic E-state index is -1.00. The number of amides is 1. The summed E-state index contributed by atoms with van der Waals surface area (Å²) in [5.74, 6) is -0.618. The molecule has 0 aliphatic heterocycles. The molecule has 1 amide bonds. The van der Waals surface area contributed by atoms with Gasteiger partial charge in [0.1, 0.15) is 10.1 Å². The lowest BCUT2D eigenvalue weighted by Crippen LogP contribution is -2.24. The molecule has 0 spiro atoms. The highest BCUT2D eigenvalue weighted by Gasteiger charge is 2.18. The van der Waals surface area contributed by atoms with Crippen LogP contribution in [0.1, 0.15) is 18.8 Å². The first-order chi connectivity index (χ1) is 10.6. The van der Waals surface area contributed by atoms with E-state index in [1.54, 1.807) is 25.3 Å². The molecule has 2 aromatic rings. The van der Waals surface area contributed by atoms with Crippen molar-refractivity contribution in [2.45, 2.75) is 6.92 Å². The zero-order valence-electron chi connectivity index (χ0n) is 12.7. The van der Waals surface area contributed by atoms with Crippen LogP contribution in [-0.4, -0.2) is 41.7 Å². The number of rotatable bonds is 2. The van der Waals surface area contributed by atoms with Crippen molar-refractivity contribution in [1.82, 2.24) is 15.3 Å². The largest absolute Gasteiger partial charge is 0.504 e. The van der Waals surface area contributed by atoms with Crippen LogP contribution < -0.4 is 11.1 Å². The van der Waals surface area contributed by atoms with Gasteiger partial charge in [-0.1, -0.05) is 0 Å². The molecule has 4 N–H and O–H groups in total. The van der Waals surface area contributed by atoms with Crippen LogP contribution in [0.3, 0.4) is 0 Å². The van der Waals surface area contributed by atoms with Crippen LogP contribution in [-0.2, 0) is 0 Å². The molecule has 0 aliphatic carbocycles. The van der Waals surface area contributed by atoms with Gasteiger partial charge in [-0.2, -0.15) is 0 Å². The summed E-state index contributed by atoms with van der Waals surface area (Å²) in [5, 5.41) is 13.2. The maximum absolute atomic E-state index is 11.7. The Kier molecular flexibility index (Phi) is 8.22. The first-order valence-electron chi connectivity index (χ1n) is 6.61. The third kappa shape index (κ3) is 4.61. The van der Waals surface area contributed by atoms with Gasteiger partial charge in [-0.3, -0.25) is 14.2 Å². The number of carbonyl (C=O) groups excluding carboxylic acids is 1. The second-order valence-electron chi connectivity index (χ2n) is 3.36. The number of aromatic nitrogens is 2. The van der Waals surface area contributed by atoms with Gasteiger partial charge in [0, 0.05) is 18.1 Å². The average Bonchev–Trinajstić information content (AvgIpc) is 2.54. The lowest BCUT2D eigenvalue weighted by Gasteiger charge is -2.07. The number of hydrogen-bond acceptors (Lipinski definition) is 5. The average molecular weight is 362 g/mol. The van der Waals surface area contributed by atoms with E-state index in [1.165, 1.54) is 7.05 Å². The van der Waals surface area contributed by atoms with E-state index in [-0.39, 0.29) is 11.4 Å². The molecule has 0 unspecified atom stereocenters. The van der Waals surface area contributed by atoms with Gasteiger partial charge in [-0.05, 0) is 42.0 Å². The van der Waals surface area contributed by atoms with Crippen molar-refractivity contribution in [3.8, 4) is 5.75 Å². The SMILES string of the molecule is CCNC(=O)c1nc(Br)c2cccnc2c1O.CN.[2H]CF. The summed E-state index contributed by atoms with van der Waals surface area (Å²) >= 11 is 3.26. The van der Waals surface area contributed by atoms with Crippen molar-refractivity contribution >= 4 is 32.7 Å². The van der Waals surface area contributed by atoms with E-state index in [0.29, 0.717) is 22.1 Å². The summed E-state index contributed by atoms with van der Waals surface area (Å²) in [5.41, 5.74) is 4.83. The molecule has 2 heterocycles. The fourth-order valence-electron chi connectivity index (χ4n) is 1.49. The minimum absolute atomic E-state index is 0.0232. The Morgan fingerprint density at radius 1 is 1.62 bits per heavy atom. The van der Waals surface area contributed by atoms with Crippen molar-refractivity contribution in [2.24, 2.45) is 5.73 Å². The number of carbonyl (C=O) groups is 1. The Morgan fingerprint density at radius 3 is 2.81 bits per heavy atom. The van der Waals surface area contributed by atoms with Gasteiger partial charge in [-0.25, -0.2) is 4.98 Å². The first-order valence-corrected chi connectivity index (χ1v) is 6.70. The molecule has 0 aromatic carbocycles. The molecule has 0 saturated carbocycles. The van der Waals surface area contributed by atoms with E-state index >= 15 is 0 Å². The van der Waals surface area contributed by atoms with Crippen molar-refractivity contribution in [2.75, 3.05) is 20.7 Å². The minimum Gasteiger partial charge on any atom is -0.504 e. The van der Waals surface area contributed by atoms with E-state index in [4.69, 9.17) is 1.37 Å². The molecular weight excluding hydrogens is 343 g/mol. The van der Waals surface area contributed by atoms with E-state index in [1.807, 2.05) is 0 Å². The zero-order valence-corrected chi connectivity index (χ0v) is 13.3. The molecule has 116 valence electrons. The highest BCUT2D eigenvalue weighted by Crippen LogP contribution is 2.30. The predicted octanol–water partition coefficient (Wildman–Crippen LogP) is 2.01. The van der Waals surface area contributed by atoms with Crippen molar-refractivity contribution < 1.29 is 15.7 Å². The third-order valence-corrected chi connectivity index (χ3v) is 2.85.